The summed E-state index contributed by atoms with van der Waals surface area (Å²) in [6, 6.07) is 8.10. The Morgan fingerprint density at radius 1 is 1.29 bits per heavy atom. The molecular weight excluding hydrogens is 266 g/mol. The molecule has 0 unspecified atom stereocenters. The molecule has 0 aliphatic heterocycles. The molecule has 1 aromatic carbocycles. The van der Waals surface area contributed by atoms with Gasteiger partial charge in [0.15, 0.2) is 0 Å². The zero-order valence-electron chi connectivity index (χ0n) is 13.5. The van der Waals surface area contributed by atoms with Crippen LogP contribution in [0.1, 0.15) is 31.7 Å². The van der Waals surface area contributed by atoms with Crippen molar-refractivity contribution in [2.45, 2.75) is 38.8 Å². The Bertz CT molecular complexity index is 384. The van der Waals surface area contributed by atoms with E-state index in [1.165, 1.54) is 5.56 Å². The molecule has 21 heavy (non-hydrogen) atoms. The van der Waals surface area contributed by atoms with E-state index in [9.17, 15) is 5.11 Å². The van der Waals surface area contributed by atoms with Gasteiger partial charge in [0.25, 0.3) is 0 Å². The molecule has 1 aromatic rings. The molecule has 0 fully saturated rings. The van der Waals surface area contributed by atoms with Crippen molar-refractivity contribution in [2.24, 2.45) is 0 Å². The minimum Gasteiger partial charge on any atom is -0.497 e. The smallest absolute Gasteiger partial charge is 0.119 e. The summed E-state index contributed by atoms with van der Waals surface area (Å²) in [6.45, 7) is 5.29. The summed E-state index contributed by atoms with van der Waals surface area (Å²) in [7, 11) is 3.40. The third kappa shape index (κ3) is 7.46. The van der Waals surface area contributed by atoms with Crippen molar-refractivity contribution in [3.63, 3.8) is 0 Å². The molecule has 0 saturated heterocycles. The molecule has 0 aliphatic carbocycles. The van der Waals surface area contributed by atoms with Crippen LogP contribution in [0.15, 0.2) is 24.3 Å². The first-order valence-corrected chi connectivity index (χ1v) is 7.71. The van der Waals surface area contributed by atoms with Crippen LogP contribution in [-0.4, -0.2) is 50.0 Å². The van der Waals surface area contributed by atoms with Gasteiger partial charge in [0.05, 0.1) is 13.2 Å². The predicted molar refractivity (Wildman–Crippen MR) is 85.7 cm³/mol. The van der Waals surface area contributed by atoms with Crippen LogP contribution in [0.2, 0.25) is 0 Å². The van der Waals surface area contributed by atoms with Gasteiger partial charge >= 0.3 is 0 Å². The van der Waals surface area contributed by atoms with Gasteiger partial charge in [0.2, 0.25) is 0 Å². The second-order valence-corrected chi connectivity index (χ2v) is 5.38. The average molecular weight is 295 g/mol. The monoisotopic (exact) mass is 295 g/mol. The molecular formula is C17H29NO3. The second-order valence-electron chi connectivity index (χ2n) is 5.38. The van der Waals surface area contributed by atoms with Crippen molar-refractivity contribution in [3.8, 4) is 5.75 Å². The summed E-state index contributed by atoms with van der Waals surface area (Å²) in [6.07, 6.45) is 2.56. The Labute approximate surface area is 128 Å². The lowest BCUT2D eigenvalue weighted by atomic mass is 10.1. The van der Waals surface area contributed by atoms with Gasteiger partial charge in [-0.05, 0) is 30.5 Å². The second kappa shape index (κ2) is 10.6. The van der Waals surface area contributed by atoms with Crippen molar-refractivity contribution in [1.82, 2.24) is 4.90 Å². The molecule has 0 bridgehead atoms. The summed E-state index contributed by atoms with van der Waals surface area (Å²) in [5.74, 6) is 0.874. The van der Waals surface area contributed by atoms with Crippen LogP contribution in [0.5, 0.6) is 5.75 Å². The van der Waals surface area contributed by atoms with Crippen molar-refractivity contribution in [1.29, 1.82) is 0 Å². The molecule has 0 amide bonds. The quantitative estimate of drug-likeness (QED) is 0.637. The number of hydrogen-bond acceptors (Lipinski definition) is 4. The zero-order chi connectivity index (χ0) is 15.5. The minimum atomic E-state index is -0.261. The van der Waals surface area contributed by atoms with Crippen molar-refractivity contribution in [2.75, 3.05) is 33.9 Å². The van der Waals surface area contributed by atoms with Gasteiger partial charge in [0, 0.05) is 33.4 Å². The fraction of sp³-hybridized carbons (Fsp3) is 0.647. The lowest BCUT2D eigenvalue weighted by molar-refractivity contribution is 0.0929. The summed E-state index contributed by atoms with van der Waals surface area (Å²) < 4.78 is 10.4. The van der Waals surface area contributed by atoms with Crippen LogP contribution in [0, 0.1) is 0 Å². The predicted octanol–water partition coefficient (Wildman–Crippen LogP) is 2.69. The fourth-order valence-electron chi connectivity index (χ4n) is 2.42. The van der Waals surface area contributed by atoms with Crippen LogP contribution < -0.4 is 4.74 Å². The first-order chi connectivity index (χ1) is 10.2. The molecule has 1 rings (SSSR count). The van der Waals surface area contributed by atoms with Crippen molar-refractivity contribution in [3.05, 3.63) is 29.8 Å². The molecule has 1 atom stereocenters. The van der Waals surface area contributed by atoms with Crippen LogP contribution in [0.3, 0.4) is 0 Å². The third-order valence-corrected chi connectivity index (χ3v) is 3.45. The summed E-state index contributed by atoms with van der Waals surface area (Å²) in [5, 5.41) is 10.1. The van der Waals surface area contributed by atoms with Gasteiger partial charge < -0.3 is 14.6 Å². The lowest BCUT2D eigenvalue weighted by Crippen LogP contribution is -2.33. The van der Waals surface area contributed by atoms with Crippen molar-refractivity contribution >= 4 is 0 Å². The number of nitrogens with zero attached hydrogens (tertiary/aromatic N) is 1. The Balaban J connectivity index is 2.60. The first-order valence-electron chi connectivity index (χ1n) is 7.71. The fourth-order valence-corrected chi connectivity index (χ4v) is 2.42. The molecule has 120 valence electrons. The SMILES string of the molecule is CCC[C@H](O)CN(CCCOC)Cc1cccc(OC)c1. The standard InChI is InChI=1S/C17H29NO3/c1-4-7-16(19)14-18(10-6-11-20-2)13-15-8-5-9-17(12-15)21-3/h5,8-9,12,16,19H,4,6-7,10-11,13-14H2,1-3H3/t16-/m0/s1. The number of aliphatic hydroxyl groups excluding tert-OH is 1. The molecule has 4 heteroatoms. The Morgan fingerprint density at radius 3 is 2.76 bits per heavy atom. The van der Waals surface area contributed by atoms with Gasteiger partial charge in [-0.3, -0.25) is 4.90 Å². The highest BCUT2D eigenvalue weighted by molar-refractivity contribution is 5.28. The first kappa shape index (κ1) is 18.0. The van der Waals surface area contributed by atoms with Gasteiger partial charge in [0.1, 0.15) is 5.75 Å². The molecule has 0 aromatic heterocycles. The highest BCUT2D eigenvalue weighted by atomic mass is 16.5. The summed E-state index contributed by atoms with van der Waals surface area (Å²) in [4.78, 5) is 2.29. The van der Waals surface area contributed by atoms with E-state index in [0.717, 1.165) is 44.7 Å². The van der Waals surface area contributed by atoms with E-state index in [2.05, 4.69) is 24.0 Å². The molecule has 4 nitrogen and oxygen atoms in total. The normalized spacial score (nSPS) is 12.6. The maximum absolute atomic E-state index is 10.1. The van der Waals surface area contributed by atoms with E-state index in [4.69, 9.17) is 9.47 Å². The minimum absolute atomic E-state index is 0.261. The van der Waals surface area contributed by atoms with E-state index >= 15 is 0 Å². The molecule has 0 spiro atoms. The molecule has 1 N–H and O–H groups in total. The maximum atomic E-state index is 10.1. The van der Waals surface area contributed by atoms with Crippen LogP contribution in [0.4, 0.5) is 0 Å². The maximum Gasteiger partial charge on any atom is 0.119 e. The molecule has 0 aliphatic rings. The van der Waals surface area contributed by atoms with Gasteiger partial charge in [-0.15, -0.1) is 0 Å². The number of ether oxygens (including phenoxy) is 2. The molecule has 0 radical (unpaired) electrons. The van der Waals surface area contributed by atoms with E-state index in [1.807, 2.05) is 12.1 Å². The average Bonchev–Trinajstić information content (AvgIpc) is 2.48. The number of hydrogen-bond donors (Lipinski definition) is 1. The summed E-state index contributed by atoms with van der Waals surface area (Å²) in [5.41, 5.74) is 1.20. The topological polar surface area (TPSA) is 41.9 Å². The van der Waals surface area contributed by atoms with Gasteiger partial charge in [-0.2, -0.15) is 0 Å². The van der Waals surface area contributed by atoms with Gasteiger partial charge in [-0.25, -0.2) is 0 Å². The summed E-state index contributed by atoms with van der Waals surface area (Å²) >= 11 is 0. The van der Waals surface area contributed by atoms with E-state index in [1.54, 1.807) is 14.2 Å². The number of rotatable bonds is 11. The Hall–Kier alpha value is -1.10. The van der Waals surface area contributed by atoms with E-state index in [-0.39, 0.29) is 6.10 Å². The van der Waals surface area contributed by atoms with Gasteiger partial charge in [-0.1, -0.05) is 25.5 Å². The highest BCUT2D eigenvalue weighted by Crippen LogP contribution is 2.15. The number of benzene rings is 1. The zero-order valence-corrected chi connectivity index (χ0v) is 13.5. The molecule has 0 heterocycles. The third-order valence-electron chi connectivity index (χ3n) is 3.45. The van der Waals surface area contributed by atoms with E-state index < -0.39 is 0 Å². The highest BCUT2D eigenvalue weighted by Gasteiger charge is 2.12. The van der Waals surface area contributed by atoms with Crippen LogP contribution >= 0.6 is 0 Å². The molecule has 0 saturated carbocycles. The number of aliphatic hydroxyl groups is 1. The lowest BCUT2D eigenvalue weighted by Gasteiger charge is -2.25. The van der Waals surface area contributed by atoms with E-state index in [0.29, 0.717) is 6.54 Å². The number of methoxy groups -OCH3 is 2. The van der Waals surface area contributed by atoms with Crippen molar-refractivity contribution < 1.29 is 14.6 Å². The Kier molecular flexibility index (Phi) is 9.06. The van der Waals surface area contributed by atoms with Crippen LogP contribution in [-0.2, 0) is 11.3 Å². The Morgan fingerprint density at radius 2 is 2.10 bits per heavy atom. The van der Waals surface area contributed by atoms with Crippen LogP contribution in [0.25, 0.3) is 0 Å². The largest absolute Gasteiger partial charge is 0.497 e.